The van der Waals surface area contributed by atoms with Gasteiger partial charge in [-0.25, -0.2) is 0 Å². The molecule has 0 fully saturated rings. The maximum absolute atomic E-state index is 8.75. The summed E-state index contributed by atoms with van der Waals surface area (Å²) >= 11 is 23.0. The molecule has 0 aliphatic rings. The molecule has 0 radical (unpaired) electrons. The molecule has 0 amide bonds. The molecule has 0 saturated heterocycles. The molecule has 0 aromatic heterocycles. The number of aliphatic hydroxyl groups is 3. The normalized spacial score (nSPS) is 12.4. The van der Waals surface area contributed by atoms with E-state index in [0.29, 0.717) is 12.3 Å². The molecule has 0 unspecified atom stereocenters. The summed E-state index contributed by atoms with van der Waals surface area (Å²) in [7, 11) is 0. The fourth-order valence-corrected chi connectivity index (χ4v) is 1.50. The van der Waals surface area contributed by atoms with E-state index in [9.17, 15) is 0 Å². The highest BCUT2D eigenvalue weighted by Gasteiger charge is 2.10. The fourth-order valence-electron chi connectivity index (χ4n) is 0.500. The van der Waals surface area contributed by atoms with E-state index < -0.39 is 12.2 Å². The van der Waals surface area contributed by atoms with Gasteiger partial charge in [0.15, 0.2) is 0 Å². The van der Waals surface area contributed by atoms with Crippen LogP contribution in [0.4, 0.5) is 0 Å². The van der Waals surface area contributed by atoms with Crippen LogP contribution in [0.15, 0.2) is 0 Å². The Morgan fingerprint density at radius 3 is 1.24 bits per heavy atom. The van der Waals surface area contributed by atoms with E-state index in [1.807, 2.05) is 0 Å². The largest absolute Gasteiger partial charge is 0.396 e. The lowest BCUT2D eigenvalue weighted by atomic mass is 10.3. The molecule has 0 saturated carbocycles. The average Bonchev–Trinajstić information content (AvgIpc) is 2.69. The number of nitrogens with two attached hydrogens (primary N) is 2. The lowest BCUT2D eigenvalue weighted by Gasteiger charge is -2.11. The third kappa shape index (κ3) is 51.8. The van der Waals surface area contributed by atoms with Gasteiger partial charge in [-0.2, -0.15) is 75.8 Å². The summed E-state index contributed by atoms with van der Waals surface area (Å²) in [5, 5.41) is 25.3. The monoisotopic (exact) mass is 487 g/mol. The van der Waals surface area contributed by atoms with Crippen molar-refractivity contribution in [1.29, 1.82) is 0 Å². The molecule has 0 spiro atoms. The zero-order valence-electron chi connectivity index (χ0n) is 15.3. The molecule has 0 bridgehead atoms. The molecule has 25 heavy (non-hydrogen) atoms. The van der Waals surface area contributed by atoms with Gasteiger partial charge in [0.1, 0.15) is 0 Å². The summed E-state index contributed by atoms with van der Waals surface area (Å²) in [6.45, 7) is 0.867. The first kappa shape index (κ1) is 37.6. The Labute approximate surface area is 193 Å². The highest BCUT2D eigenvalue weighted by Crippen LogP contribution is 1.96. The van der Waals surface area contributed by atoms with Crippen molar-refractivity contribution in [3.63, 3.8) is 0 Å². The molecular weight excluding hydrogens is 437 g/mol. The number of thiol groups is 6. The van der Waals surface area contributed by atoms with Gasteiger partial charge in [-0.1, -0.05) is 14.9 Å². The van der Waals surface area contributed by atoms with E-state index in [2.05, 4.69) is 75.8 Å². The molecule has 0 aliphatic carbocycles. The van der Waals surface area contributed by atoms with Crippen LogP contribution >= 0.6 is 75.8 Å². The van der Waals surface area contributed by atoms with Crippen molar-refractivity contribution < 1.29 is 19.7 Å². The van der Waals surface area contributed by atoms with Crippen molar-refractivity contribution in [3.8, 4) is 0 Å². The molecule has 0 aliphatic heterocycles. The Morgan fingerprint density at radius 1 is 0.840 bits per heavy atom. The number of aliphatic hydroxyl groups excluding tert-OH is 3. The van der Waals surface area contributed by atoms with Crippen LogP contribution in [0.1, 0.15) is 25.7 Å². The maximum atomic E-state index is 8.75. The molecule has 0 aromatic rings. The van der Waals surface area contributed by atoms with E-state index in [0.717, 1.165) is 23.7 Å². The third-order valence-corrected chi connectivity index (χ3v) is 3.72. The van der Waals surface area contributed by atoms with Crippen molar-refractivity contribution in [2.75, 3.05) is 47.7 Å². The molecule has 7 N–H and O–H groups in total. The predicted molar refractivity (Wildman–Crippen MR) is 142 cm³/mol. The first-order valence-electron chi connectivity index (χ1n) is 7.94. The summed E-state index contributed by atoms with van der Waals surface area (Å²) in [5.74, 6) is 3.55. The van der Waals surface area contributed by atoms with Gasteiger partial charge >= 0.3 is 0 Å². The third-order valence-electron chi connectivity index (χ3n) is 1.78. The van der Waals surface area contributed by atoms with Crippen molar-refractivity contribution in [2.45, 2.75) is 39.5 Å². The van der Waals surface area contributed by atoms with Crippen LogP contribution in [0.2, 0.25) is 0 Å². The van der Waals surface area contributed by atoms with Gasteiger partial charge in [0, 0.05) is 45.7 Å². The Kier molecular flexibility index (Phi) is 61.0. The smallest absolute Gasteiger partial charge is 0.0894 e. The SMILES string of the molecule is C.C.NCCS.N[C@H](CS)CCS.OCCS.O[C@H](CS)[C@H](O)CS.[2H][3H].[3HH]. The van der Waals surface area contributed by atoms with E-state index >= 15 is 0 Å². The van der Waals surface area contributed by atoms with Crippen LogP contribution in [-0.2, 0) is 0 Å². The Morgan fingerprint density at radius 2 is 1.16 bits per heavy atom. The average molecular weight is 488 g/mol. The summed E-state index contributed by atoms with van der Waals surface area (Å²) in [5.41, 5.74) is 10.4. The Hall–Kier alpha value is 1.90. The summed E-state index contributed by atoms with van der Waals surface area (Å²) < 4.78 is 10.0. The van der Waals surface area contributed by atoms with Crippen LogP contribution in [0.25, 0.3) is 0 Å². The zero-order chi connectivity index (χ0) is 21.1. The molecule has 0 rings (SSSR count). The van der Waals surface area contributed by atoms with E-state index in [-0.39, 0.29) is 40.4 Å². The van der Waals surface area contributed by atoms with Gasteiger partial charge in [-0.3, -0.25) is 0 Å². The van der Waals surface area contributed by atoms with Crippen LogP contribution in [0.3, 0.4) is 0 Å². The first-order chi connectivity index (χ1) is 11.9. The maximum Gasteiger partial charge on any atom is 0.0894 e. The van der Waals surface area contributed by atoms with Gasteiger partial charge in [-0.05, 0) is 12.2 Å². The van der Waals surface area contributed by atoms with Crippen molar-refractivity contribution >= 4 is 75.8 Å². The minimum atomic E-state index is -0.740. The molecule has 3 atom stereocenters. The van der Waals surface area contributed by atoms with Crippen molar-refractivity contribution in [2.24, 2.45) is 11.5 Å². The Balaban J connectivity index is -0.0000000308. The van der Waals surface area contributed by atoms with Gasteiger partial charge in [0.2, 0.25) is 0 Å². The summed E-state index contributed by atoms with van der Waals surface area (Å²) in [4.78, 5) is 0. The van der Waals surface area contributed by atoms with E-state index in [4.69, 9.17) is 29.8 Å². The van der Waals surface area contributed by atoms with E-state index in [1.54, 1.807) is 0 Å². The molecule has 5 nitrogen and oxygen atoms in total. The predicted octanol–water partition coefficient (Wildman–Crippen LogP) is 1.68. The minimum absolute atomic E-state index is 0. The highest BCUT2D eigenvalue weighted by molar-refractivity contribution is 7.81. The molecule has 166 valence electrons. The van der Waals surface area contributed by atoms with Crippen LogP contribution < -0.4 is 11.5 Å². The number of hydrogen-bond donors (Lipinski definition) is 11. The quantitative estimate of drug-likeness (QED) is 0.239. The summed E-state index contributed by atoms with van der Waals surface area (Å²) in [6, 6.07) is 0.237. The van der Waals surface area contributed by atoms with Gasteiger partial charge in [0.25, 0.3) is 0 Å². The van der Waals surface area contributed by atoms with Crippen molar-refractivity contribution in [3.05, 3.63) is 0 Å². The Bertz CT molecular complexity index is 188. The lowest BCUT2D eigenvalue weighted by molar-refractivity contribution is 0.0504. The first-order valence-corrected chi connectivity index (χ1v) is 10.7. The molecule has 0 heterocycles. The zero-order valence-corrected chi connectivity index (χ0v) is 18.6. The van der Waals surface area contributed by atoms with Crippen molar-refractivity contribution in [1.82, 2.24) is 0 Å². The van der Waals surface area contributed by atoms with Crippen LogP contribution in [0.5, 0.6) is 0 Å². The molecule has 0 aromatic carbocycles. The highest BCUT2D eigenvalue weighted by atomic mass is 32.1. The molecule has 11 heteroatoms. The van der Waals surface area contributed by atoms with Gasteiger partial charge in [-0.15, -0.1) is 0 Å². The number of rotatable bonds is 8. The summed E-state index contributed by atoms with van der Waals surface area (Å²) in [6.07, 6.45) is -0.515. The standard InChI is InChI=1S/C4H11NS2.C4H10O2S2.C2H7NS.C2H6OS.2CH4.2H2/c5-4(3-7)1-2-6;5-3(1-7)4(6)2-8;2*3-1-2-4;;;;/h4,6-7H,1-3,5H2;3-8H,1-2H2;4H,1-3H2;3-4H,1-2H2;2*1H4;2*1H/t4-;3-,4-;;;;;;/m01....../s1/i;;;;;;1+2D;1+2. The lowest BCUT2D eigenvalue weighted by Crippen LogP contribution is -2.28. The molecular formula is C14H46N2O3S6. The van der Waals surface area contributed by atoms with Crippen LogP contribution in [-0.4, -0.2) is 81.2 Å². The second-order valence-electron chi connectivity index (χ2n) is 3.91. The topological polar surface area (TPSA) is 113 Å². The second kappa shape index (κ2) is 40.6. The van der Waals surface area contributed by atoms with Gasteiger partial charge in [0.05, 0.1) is 18.8 Å². The fraction of sp³-hybridized carbons (Fsp3) is 1.00. The van der Waals surface area contributed by atoms with Crippen LogP contribution in [0, 0.1) is 0 Å². The minimum Gasteiger partial charge on any atom is -0.396 e. The second-order valence-corrected chi connectivity index (χ2v) is 6.35. The van der Waals surface area contributed by atoms with Gasteiger partial charge < -0.3 is 26.8 Å². The van der Waals surface area contributed by atoms with E-state index in [1.165, 1.54) is 0 Å². The number of hydrogen-bond acceptors (Lipinski definition) is 11.